The maximum atomic E-state index is 12.6. The normalized spacial score (nSPS) is 12.2. The van der Waals surface area contributed by atoms with Crippen molar-refractivity contribution in [2.75, 3.05) is 13.1 Å². The van der Waals surface area contributed by atoms with Gasteiger partial charge in [0.1, 0.15) is 0 Å². The third-order valence-electron chi connectivity index (χ3n) is 3.86. The lowest BCUT2D eigenvalue weighted by Crippen LogP contribution is -2.43. The number of nitrogens with zero attached hydrogens (tertiary/aromatic N) is 1. The van der Waals surface area contributed by atoms with Gasteiger partial charge in [0, 0.05) is 30.6 Å². The van der Waals surface area contributed by atoms with Crippen molar-refractivity contribution in [3.8, 4) is 0 Å². The van der Waals surface area contributed by atoms with Crippen LogP contribution < -0.4 is 5.32 Å². The summed E-state index contributed by atoms with van der Waals surface area (Å²) in [5.74, 6) is -1.37. The fourth-order valence-corrected chi connectivity index (χ4v) is 3.88. The standard InChI is InChI=1S/C17H26N2O5S/c1-5-19(6-2)25(23,24)14-9-7-8-13(12-14)16(22)18-17(3,4)11-10-15(20)21/h7-9,12H,5-6,10-11H2,1-4H3,(H,18,22)(H,20,21). The van der Waals surface area contributed by atoms with Crippen molar-refractivity contribution in [2.45, 2.75) is 51.0 Å². The summed E-state index contributed by atoms with van der Waals surface area (Å²) in [5, 5.41) is 11.5. The highest BCUT2D eigenvalue weighted by atomic mass is 32.2. The second kappa shape index (κ2) is 8.44. The van der Waals surface area contributed by atoms with E-state index < -0.39 is 27.4 Å². The number of nitrogens with one attached hydrogen (secondary N) is 1. The van der Waals surface area contributed by atoms with Gasteiger partial charge >= 0.3 is 5.97 Å². The molecular formula is C17H26N2O5S. The van der Waals surface area contributed by atoms with Crippen LogP contribution in [0.3, 0.4) is 0 Å². The maximum Gasteiger partial charge on any atom is 0.303 e. The lowest BCUT2D eigenvalue weighted by atomic mass is 9.98. The fraction of sp³-hybridized carbons (Fsp3) is 0.529. The molecule has 0 aliphatic heterocycles. The molecule has 0 bridgehead atoms. The second-order valence-corrected chi connectivity index (χ2v) is 8.29. The van der Waals surface area contributed by atoms with E-state index in [1.807, 2.05) is 0 Å². The zero-order valence-corrected chi connectivity index (χ0v) is 15.9. The molecule has 1 aromatic rings. The molecule has 0 fully saturated rings. The van der Waals surface area contributed by atoms with Gasteiger partial charge in [-0.05, 0) is 38.5 Å². The monoisotopic (exact) mass is 370 g/mol. The highest BCUT2D eigenvalue weighted by molar-refractivity contribution is 7.89. The first-order valence-corrected chi connectivity index (χ1v) is 9.62. The van der Waals surface area contributed by atoms with Gasteiger partial charge in [0.2, 0.25) is 10.0 Å². The van der Waals surface area contributed by atoms with Gasteiger partial charge < -0.3 is 10.4 Å². The van der Waals surface area contributed by atoms with Crippen molar-refractivity contribution in [3.05, 3.63) is 29.8 Å². The predicted octanol–water partition coefficient (Wildman–Crippen LogP) is 2.09. The van der Waals surface area contributed by atoms with Gasteiger partial charge in [0.25, 0.3) is 5.91 Å². The molecule has 1 amide bonds. The van der Waals surface area contributed by atoms with Crippen LogP contribution in [0.2, 0.25) is 0 Å². The molecule has 25 heavy (non-hydrogen) atoms. The summed E-state index contributed by atoms with van der Waals surface area (Å²) in [7, 11) is -3.65. The number of carbonyl (C=O) groups excluding carboxylic acids is 1. The lowest BCUT2D eigenvalue weighted by Gasteiger charge is -2.26. The zero-order valence-electron chi connectivity index (χ0n) is 15.1. The maximum absolute atomic E-state index is 12.6. The Hall–Kier alpha value is -1.93. The van der Waals surface area contributed by atoms with Crippen molar-refractivity contribution >= 4 is 21.9 Å². The number of sulfonamides is 1. The summed E-state index contributed by atoms with van der Waals surface area (Å²) in [6, 6.07) is 5.86. The largest absolute Gasteiger partial charge is 0.481 e. The Kier molecular flexibility index (Phi) is 7.13. The first-order chi connectivity index (χ1) is 11.5. The Labute approximate surface area is 149 Å². The Morgan fingerprint density at radius 3 is 2.32 bits per heavy atom. The molecule has 7 nitrogen and oxygen atoms in total. The predicted molar refractivity (Wildman–Crippen MR) is 95.0 cm³/mol. The molecule has 0 aliphatic carbocycles. The van der Waals surface area contributed by atoms with Crippen LogP contribution in [0.5, 0.6) is 0 Å². The molecule has 140 valence electrons. The molecule has 0 atom stereocenters. The van der Waals surface area contributed by atoms with E-state index in [0.717, 1.165) is 0 Å². The minimum Gasteiger partial charge on any atom is -0.481 e. The van der Waals surface area contributed by atoms with Crippen molar-refractivity contribution < 1.29 is 23.1 Å². The molecule has 0 unspecified atom stereocenters. The molecule has 0 saturated carbocycles. The van der Waals surface area contributed by atoms with E-state index in [0.29, 0.717) is 13.1 Å². The van der Waals surface area contributed by atoms with Gasteiger partial charge in [0.15, 0.2) is 0 Å². The summed E-state index contributed by atoms with van der Waals surface area (Å²) < 4.78 is 26.4. The SMILES string of the molecule is CCN(CC)S(=O)(=O)c1cccc(C(=O)NC(C)(C)CCC(=O)O)c1. The number of carboxylic acids is 1. The number of carbonyl (C=O) groups is 2. The van der Waals surface area contributed by atoms with E-state index in [9.17, 15) is 18.0 Å². The first kappa shape index (κ1) is 21.1. The Bertz CT molecular complexity index is 724. The lowest BCUT2D eigenvalue weighted by molar-refractivity contribution is -0.137. The second-order valence-electron chi connectivity index (χ2n) is 6.35. The van der Waals surface area contributed by atoms with E-state index in [4.69, 9.17) is 5.11 Å². The Morgan fingerprint density at radius 1 is 1.20 bits per heavy atom. The summed E-state index contributed by atoms with van der Waals surface area (Å²) in [6.07, 6.45) is 0.204. The highest BCUT2D eigenvalue weighted by Crippen LogP contribution is 2.18. The van der Waals surface area contributed by atoms with Crippen LogP contribution in [0.25, 0.3) is 0 Å². The summed E-state index contributed by atoms with van der Waals surface area (Å²) in [4.78, 5) is 23.2. The van der Waals surface area contributed by atoms with Gasteiger partial charge in [-0.25, -0.2) is 8.42 Å². The van der Waals surface area contributed by atoms with Gasteiger partial charge in [-0.1, -0.05) is 19.9 Å². The summed E-state index contributed by atoms with van der Waals surface area (Å²) in [5.41, 5.74) is -0.500. The minimum atomic E-state index is -3.65. The Morgan fingerprint density at radius 2 is 1.80 bits per heavy atom. The van der Waals surface area contributed by atoms with Crippen LogP contribution in [0, 0.1) is 0 Å². The molecule has 1 aromatic carbocycles. The van der Waals surface area contributed by atoms with Crippen LogP contribution in [-0.4, -0.2) is 48.3 Å². The molecule has 0 aromatic heterocycles. The number of hydrogen-bond donors (Lipinski definition) is 2. The molecule has 0 heterocycles. The van der Waals surface area contributed by atoms with E-state index in [-0.39, 0.29) is 23.3 Å². The van der Waals surface area contributed by atoms with Crippen LogP contribution in [0.15, 0.2) is 29.2 Å². The Balaban J connectivity index is 3.01. The summed E-state index contributed by atoms with van der Waals surface area (Å²) in [6.45, 7) is 7.65. The molecule has 0 spiro atoms. The average Bonchev–Trinajstić information content (AvgIpc) is 2.53. The highest BCUT2D eigenvalue weighted by Gasteiger charge is 2.25. The van der Waals surface area contributed by atoms with Gasteiger partial charge in [-0.15, -0.1) is 0 Å². The minimum absolute atomic E-state index is 0.0622. The van der Waals surface area contributed by atoms with Crippen LogP contribution in [0.4, 0.5) is 0 Å². The molecule has 1 rings (SSSR count). The van der Waals surface area contributed by atoms with Crippen LogP contribution in [-0.2, 0) is 14.8 Å². The van der Waals surface area contributed by atoms with Crippen molar-refractivity contribution in [1.29, 1.82) is 0 Å². The average molecular weight is 370 g/mol. The van der Waals surface area contributed by atoms with E-state index in [1.54, 1.807) is 27.7 Å². The van der Waals surface area contributed by atoms with Crippen LogP contribution >= 0.6 is 0 Å². The fourth-order valence-electron chi connectivity index (χ4n) is 2.37. The number of rotatable bonds is 9. The van der Waals surface area contributed by atoms with Crippen molar-refractivity contribution in [2.24, 2.45) is 0 Å². The first-order valence-electron chi connectivity index (χ1n) is 8.18. The van der Waals surface area contributed by atoms with E-state index in [2.05, 4.69) is 5.32 Å². The number of benzene rings is 1. The number of hydrogen-bond acceptors (Lipinski definition) is 4. The quantitative estimate of drug-likeness (QED) is 0.693. The van der Waals surface area contributed by atoms with Crippen molar-refractivity contribution in [1.82, 2.24) is 9.62 Å². The number of carboxylic acid groups (broad SMARTS) is 1. The summed E-state index contributed by atoms with van der Waals surface area (Å²) >= 11 is 0. The van der Waals surface area contributed by atoms with Crippen LogP contribution in [0.1, 0.15) is 50.9 Å². The topological polar surface area (TPSA) is 104 Å². The molecule has 2 N–H and O–H groups in total. The number of aliphatic carboxylic acids is 1. The molecule has 0 saturated heterocycles. The molecule has 8 heteroatoms. The smallest absolute Gasteiger partial charge is 0.303 e. The van der Waals surface area contributed by atoms with Gasteiger partial charge in [-0.3, -0.25) is 9.59 Å². The zero-order chi connectivity index (χ0) is 19.3. The van der Waals surface area contributed by atoms with Gasteiger partial charge in [0.05, 0.1) is 4.90 Å². The van der Waals surface area contributed by atoms with E-state index >= 15 is 0 Å². The molecule has 0 aliphatic rings. The van der Waals surface area contributed by atoms with Crippen molar-refractivity contribution in [3.63, 3.8) is 0 Å². The third-order valence-corrected chi connectivity index (χ3v) is 5.90. The van der Waals surface area contributed by atoms with Gasteiger partial charge in [-0.2, -0.15) is 4.31 Å². The number of amides is 1. The molecule has 0 radical (unpaired) electrons. The third kappa shape index (κ3) is 5.82. The molecular weight excluding hydrogens is 344 g/mol. The van der Waals surface area contributed by atoms with E-state index in [1.165, 1.54) is 28.6 Å².